The largest absolute Gasteiger partial charge is 0.466 e. The molecule has 23 heavy (non-hydrogen) atoms. The van der Waals surface area contributed by atoms with Gasteiger partial charge in [-0.05, 0) is 31.2 Å². The average molecular weight is 312 g/mol. The van der Waals surface area contributed by atoms with Gasteiger partial charge in [0, 0.05) is 49.9 Å². The molecule has 0 aliphatic rings. The van der Waals surface area contributed by atoms with Crippen LogP contribution in [0.15, 0.2) is 53.5 Å². The van der Waals surface area contributed by atoms with Gasteiger partial charge in [0.05, 0.1) is 12.0 Å². The van der Waals surface area contributed by atoms with Crippen molar-refractivity contribution >= 4 is 0 Å². The maximum atomic E-state index is 10.5. The van der Waals surface area contributed by atoms with E-state index in [0.29, 0.717) is 18.8 Å². The van der Waals surface area contributed by atoms with E-state index >= 15 is 0 Å². The fraction of sp³-hybridized carbons (Fsp3) is 0.294. The number of rotatable bonds is 6. The molecule has 3 aromatic rings. The predicted molar refractivity (Wildman–Crippen MR) is 86.4 cm³/mol. The van der Waals surface area contributed by atoms with Crippen LogP contribution in [0, 0.1) is 0 Å². The maximum Gasteiger partial charge on any atom is 0.136 e. The number of nitrogens with zero attached hydrogens (tertiary/aromatic N) is 3. The molecule has 0 aliphatic heterocycles. The molecule has 0 saturated carbocycles. The van der Waals surface area contributed by atoms with Crippen molar-refractivity contribution in [2.45, 2.75) is 19.1 Å². The molecule has 0 fully saturated rings. The summed E-state index contributed by atoms with van der Waals surface area (Å²) < 4.78 is 7.07. The molecule has 6 heteroatoms. The van der Waals surface area contributed by atoms with Crippen LogP contribution in [-0.4, -0.2) is 26.4 Å². The van der Waals surface area contributed by atoms with Crippen LogP contribution in [0.1, 0.15) is 18.2 Å². The lowest BCUT2D eigenvalue weighted by Crippen LogP contribution is -2.34. The van der Waals surface area contributed by atoms with Crippen LogP contribution in [0.3, 0.4) is 0 Å². The summed E-state index contributed by atoms with van der Waals surface area (Å²) >= 11 is 0. The van der Waals surface area contributed by atoms with Crippen molar-refractivity contribution in [1.29, 1.82) is 0 Å². The number of aryl methyl sites for hydroxylation is 1. The van der Waals surface area contributed by atoms with Crippen molar-refractivity contribution in [3.8, 4) is 11.3 Å². The Morgan fingerprint density at radius 2 is 2.09 bits per heavy atom. The molecule has 3 aromatic heterocycles. The topological polar surface area (TPSA) is 76.1 Å². The van der Waals surface area contributed by atoms with Gasteiger partial charge in [-0.3, -0.25) is 9.67 Å². The molecule has 2 N–H and O–H groups in total. The monoisotopic (exact) mass is 312 g/mol. The molecule has 1 unspecified atom stereocenters. The van der Waals surface area contributed by atoms with E-state index in [2.05, 4.69) is 15.4 Å². The highest BCUT2D eigenvalue weighted by molar-refractivity contribution is 5.61. The number of hydrogen-bond acceptors (Lipinski definition) is 5. The number of pyridine rings is 1. The van der Waals surface area contributed by atoms with E-state index in [0.717, 1.165) is 16.8 Å². The lowest BCUT2D eigenvalue weighted by molar-refractivity contribution is 0.0340. The molecule has 120 valence electrons. The zero-order valence-corrected chi connectivity index (χ0v) is 13.2. The van der Waals surface area contributed by atoms with Gasteiger partial charge in [-0.25, -0.2) is 0 Å². The Hall–Kier alpha value is -2.44. The van der Waals surface area contributed by atoms with Gasteiger partial charge in [-0.2, -0.15) is 5.10 Å². The Labute approximate surface area is 134 Å². The third kappa shape index (κ3) is 3.49. The Morgan fingerprint density at radius 3 is 2.78 bits per heavy atom. The number of aromatic nitrogens is 3. The predicted octanol–water partition coefficient (Wildman–Crippen LogP) is 2.07. The van der Waals surface area contributed by atoms with Crippen LogP contribution in [0.4, 0.5) is 0 Å². The minimum absolute atomic E-state index is 0.380. The highest BCUT2D eigenvalue weighted by atomic mass is 16.4. The van der Waals surface area contributed by atoms with Gasteiger partial charge in [0.15, 0.2) is 0 Å². The minimum atomic E-state index is -1.05. The Kier molecular flexibility index (Phi) is 4.27. The van der Waals surface area contributed by atoms with Crippen LogP contribution in [0.25, 0.3) is 11.3 Å². The SMILES string of the molecule is Cn1cc(CNCC(C)(O)c2ccco2)c(-c2ccncc2)n1. The van der Waals surface area contributed by atoms with Crippen LogP contribution in [-0.2, 0) is 19.2 Å². The summed E-state index contributed by atoms with van der Waals surface area (Å²) in [6.45, 7) is 2.71. The lowest BCUT2D eigenvalue weighted by Gasteiger charge is -2.21. The van der Waals surface area contributed by atoms with Gasteiger partial charge in [0.25, 0.3) is 0 Å². The van der Waals surface area contributed by atoms with E-state index in [9.17, 15) is 5.11 Å². The first-order chi connectivity index (χ1) is 11.1. The molecule has 3 heterocycles. The molecule has 1 atom stereocenters. The second-order valence-electron chi connectivity index (χ2n) is 5.77. The second kappa shape index (κ2) is 6.36. The smallest absolute Gasteiger partial charge is 0.136 e. The third-order valence-corrected chi connectivity index (χ3v) is 3.69. The van der Waals surface area contributed by atoms with E-state index < -0.39 is 5.60 Å². The first-order valence-electron chi connectivity index (χ1n) is 7.46. The Morgan fingerprint density at radius 1 is 1.30 bits per heavy atom. The summed E-state index contributed by atoms with van der Waals surface area (Å²) in [5.74, 6) is 0.547. The number of aliphatic hydroxyl groups is 1. The molecule has 0 spiro atoms. The fourth-order valence-corrected chi connectivity index (χ4v) is 2.53. The highest BCUT2D eigenvalue weighted by Gasteiger charge is 2.25. The normalized spacial score (nSPS) is 13.9. The van der Waals surface area contributed by atoms with E-state index in [1.54, 1.807) is 42.4 Å². The van der Waals surface area contributed by atoms with Crippen LogP contribution in [0.2, 0.25) is 0 Å². The Bertz CT molecular complexity index is 748. The molecular formula is C17H20N4O2. The quantitative estimate of drug-likeness (QED) is 0.729. The van der Waals surface area contributed by atoms with Gasteiger partial charge in [0.2, 0.25) is 0 Å². The lowest BCUT2D eigenvalue weighted by atomic mass is 10.0. The maximum absolute atomic E-state index is 10.5. The summed E-state index contributed by atoms with van der Waals surface area (Å²) in [7, 11) is 1.90. The zero-order valence-electron chi connectivity index (χ0n) is 13.2. The van der Waals surface area contributed by atoms with E-state index in [4.69, 9.17) is 4.42 Å². The zero-order chi connectivity index (χ0) is 16.3. The first-order valence-corrected chi connectivity index (χ1v) is 7.46. The van der Waals surface area contributed by atoms with Crippen molar-refractivity contribution in [2.24, 2.45) is 7.05 Å². The fourth-order valence-electron chi connectivity index (χ4n) is 2.53. The Balaban J connectivity index is 1.70. The standard InChI is InChI=1S/C17H20N4O2/c1-17(22,15-4-3-9-23-15)12-19-10-14-11-21(2)20-16(14)13-5-7-18-8-6-13/h3-9,11,19,22H,10,12H2,1-2H3. The van der Waals surface area contributed by atoms with Gasteiger partial charge in [-0.1, -0.05) is 0 Å². The van der Waals surface area contributed by atoms with Crippen LogP contribution in [0.5, 0.6) is 0 Å². The molecular weight excluding hydrogens is 292 g/mol. The van der Waals surface area contributed by atoms with E-state index in [1.165, 1.54) is 0 Å². The molecule has 0 amide bonds. The van der Waals surface area contributed by atoms with E-state index in [-0.39, 0.29) is 0 Å². The number of furan rings is 1. The number of nitrogens with one attached hydrogen (secondary N) is 1. The molecule has 3 rings (SSSR count). The first kappa shape index (κ1) is 15.5. The molecule has 0 bridgehead atoms. The molecule has 6 nitrogen and oxygen atoms in total. The van der Waals surface area contributed by atoms with Gasteiger partial charge in [0.1, 0.15) is 11.4 Å². The summed E-state index contributed by atoms with van der Waals surface area (Å²) in [4.78, 5) is 4.04. The summed E-state index contributed by atoms with van der Waals surface area (Å²) in [5, 5.41) is 18.2. The van der Waals surface area contributed by atoms with Gasteiger partial charge < -0.3 is 14.8 Å². The van der Waals surface area contributed by atoms with Gasteiger partial charge >= 0.3 is 0 Å². The summed E-state index contributed by atoms with van der Waals surface area (Å²) in [6, 6.07) is 7.41. The minimum Gasteiger partial charge on any atom is -0.466 e. The number of hydrogen-bond donors (Lipinski definition) is 2. The highest BCUT2D eigenvalue weighted by Crippen LogP contribution is 2.22. The van der Waals surface area contributed by atoms with Crippen molar-refractivity contribution in [2.75, 3.05) is 6.54 Å². The molecule has 0 radical (unpaired) electrons. The van der Waals surface area contributed by atoms with E-state index in [1.807, 2.05) is 25.4 Å². The van der Waals surface area contributed by atoms with Crippen molar-refractivity contribution in [3.63, 3.8) is 0 Å². The van der Waals surface area contributed by atoms with Crippen LogP contribution >= 0.6 is 0 Å². The van der Waals surface area contributed by atoms with Gasteiger partial charge in [-0.15, -0.1) is 0 Å². The molecule has 0 saturated heterocycles. The van der Waals surface area contributed by atoms with Crippen LogP contribution < -0.4 is 5.32 Å². The molecule has 0 aromatic carbocycles. The average Bonchev–Trinajstić information content (AvgIpc) is 3.18. The van der Waals surface area contributed by atoms with Crippen molar-refractivity contribution < 1.29 is 9.52 Å². The summed E-state index contributed by atoms with van der Waals surface area (Å²) in [6.07, 6.45) is 7.04. The van der Waals surface area contributed by atoms with Crippen molar-refractivity contribution in [1.82, 2.24) is 20.1 Å². The third-order valence-electron chi connectivity index (χ3n) is 3.69. The summed E-state index contributed by atoms with van der Waals surface area (Å²) in [5.41, 5.74) is 1.95. The van der Waals surface area contributed by atoms with Crippen molar-refractivity contribution in [3.05, 3.63) is 60.4 Å². The molecule has 0 aliphatic carbocycles. The second-order valence-corrected chi connectivity index (χ2v) is 5.77.